The molecule has 0 aliphatic carbocycles. The van der Waals surface area contributed by atoms with Gasteiger partial charge in [0.25, 0.3) is 10.0 Å². The Morgan fingerprint density at radius 3 is 2.20 bits per heavy atom. The third-order valence-corrected chi connectivity index (χ3v) is 8.95. The molecule has 3 heterocycles. The number of sulfonamides is 1. The summed E-state index contributed by atoms with van der Waals surface area (Å²) in [6, 6.07) is 5.68. The van der Waals surface area contributed by atoms with E-state index in [9.17, 15) is 18.0 Å². The molecule has 2 saturated heterocycles. The Bertz CT molecular complexity index is 1170. The zero-order valence-corrected chi connectivity index (χ0v) is 21.9. The van der Waals surface area contributed by atoms with E-state index in [0.29, 0.717) is 75.4 Å². The number of ether oxygens (including phenoxy) is 1. The van der Waals surface area contributed by atoms with Crippen LogP contribution in [0.25, 0.3) is 4.91 Å². The van der Waals surface area contributed by atoms with E-state index in [0.717, 1.165) is 11.1 Å². The van der Waals surface area contributed by atoms with E-state index in [-0.39, 0.29) is 28.6 Å². The van der Waals surface area contributed by atoms with Gasteiger partial charge in [0.1, 0.15) is 10.7 Å². The summed E-state index contributed by atoms with van der Waals surface area (Å²) >= 11 is 0. The largest absolute Gasteiger partial charge is 0.466 e. The van der Waals surface area contributed by atoms with E-state index >= 15 is 0 Å². The zero-order valence-electron chi connectivity index (χ0n) is 21.0. The highest BCUT2D eigenvalue weighted by molar-refractivity contribution is 8.00. The number of esters is 1. The second kappa shape index (κ2) is 10.1. The summed E-state index contributed by atoms with van der Waals surface area (Å²) in [4.78, 5) is 29.2. The summed E-state index contributed by atoms with van der Waals surface area (Å²) in [5.74, 6) is 0.260. The van der Waals surface area contributed by atoms with Gasteiger partial charge < -0.3 is 14.5 Å². The first-order valence-corrected chi connectivity index (χ1v) is 13.9. The molecular formula is C26H35N3O5S. The Kier molecular flexibility index (Phi) is 7.35. The molecule has 8 nitrogen and oxygen atoms in total. The maximum absolute atomic E-state index is 13.1. The zero-order chi connectivity index (χ0) is 25.3. The highest BCUT2D eigenvalue weighted by atomic mass is 32.2. The smallest absolute Gasteiger partial charge is 0.309 e. The van der Waals surface area contributed by atoms with Gasteiger partial charge in [-0.25, -0.2) is 0 Å². The molecule has 1 amide bonds. The van der Waals surface area contributed by atoms with E-state index in [4.69, 9.17) is 4.74 Å². The molecule has 0 spiro atoms. The second-order valence-electron chi connectivity index (χ2n) is 9.76. The number of amides is 1. The van der Waals surface area contributed by atoms with Gasteiger partial charge in [-0.05, 0) is 70.1 Å². The SMILES string of the molecule is CCOC(=O)C1CCN(C(=O)C2CCN(C3=NS(=O)(=O)C(c4ccc(C)c(C)c4)=C3C)CC2)CC1. The number of hydrogen-bond acceptors (Lipinski definition) is 6. The fraction of sp³-hybridized carbons (Fsp3) is 0.577. The summed E-state index contributed by atoms with van der Waals surface area (Å²) in [5, 5.41) is 0. The summed E-state index contributed by atoms with van der Waals surface area (Å²) in [6.07, 6.45) is 2.59. The van der Waals surface area contributed by atoms with Crippen LogP contribution in [0.3, 0.4) is 0 Å². The van der Waals surface area contributed by atoms with Crippen molar-refractivity contribution in [3.8, 4) is 0 Å². The number of piperidine rings is 2. The van der Waals surface area contributed by atoms with Gasteiger partial charge in [0, 0.05) is 37.7 Å². The molecule has 0 N–H and O–H groups in total. The standard InChI is InChI=1S/C26H35N3O5S/c1-5-34-26(31)21-10-14-29(15-11-21)25(30)20-8-12-28(13-9-20)24-19(4)23(35(32,33)27-24)22-7-6-17(2)18(3)16-22/h6-7,16,20-21H,5,8-15H2,1-4H3. The monoisotopic (exact) mass is 501 g/mol. The van der Waals surface area contributed by atoms with Crippen LogP contribution in [0.2, 0.25) is 0 Å². The Labute approximate surface area is 208 Å². The lowest BCUT2D eigenvalue weighted by molar-refractivity contribution is -0.152. The molecule has 4 rings (SSSR count). The van der Waals surface area contributed by atoms with Crippen LogP contribution in [-0.2, 0) is 24.3 Å². The number of likely N-dealkylation sites (tertiary alicyclic amines) is 2. The van der Waals surface area contributed by atoms with Crippen LogP contribution in [0.5, 0.6) is 0 Å². The molecular weight excluding hydrogens is 466 g/mol. The van der Waals surface area contributed by atoms with Crippen LogP contribution in [0.4, 0.5) is 0 Å². The summed E-state index contributed by atoms with van der Waals surface area (Å²) in [7, 11) is -3.77. The van der Waals surface area contributed by atoms with Gasteiger partial charge in [0.15, 0.2) is 0 Å². The van der Waals surface area contributed by atoms with Crippen molar-refractivity contribution in [1.82, 2.24) is 9.80 Å². The van der Waals surface area contributed by atoms with E-state index < -0.39 is 10.0 Å². The quantitative estimate of drug-likeness (QED) is 0.588. The highest BCUT2D eigenvalue weighted by Gasteiger charge is 2.37. The Balaban J connectivity index is 1.39. The molecule has 3 aliphatic rings. The number of carbonyl (C=O) groups excluding carboxylic acids is 2. The van der Waals surface area contributed by atoms with Gasteiger partial charge in [0.05, 0.1) is 12.5 Å². The normalized spacial score (nSPS) is 21.3. The van der Waals surface area contributed by atoms with Gasteiger partial charge in [0.2, 0.25) is 5.91 Å². The molecule has 0 radical (unpaired) electrons. The second-order valence-corrected chi connectivity index (χ2v) is 11.3. The van der Waals surface area contributed by atoms with Crippen LogP contribution in [-0.4, -0.2) is 68.7 Å². The van der Waals surface area contributed by atoms with Crippen molar-refractivity contribution in [2.24, 2.45) is 16.2 Å². The summed E-state index contributed by atoms with van der Waals surface area (Å²) in [6.45, 7) is 10.3. The Morgan fingerprint density at radius 1 is 0.971 bits per heavy atom. The maximum atomic E-state index is 13.1. The molecule has 190 valence electrons. The third-order valence-electron chi connectivity index (χ3n) is 7.48. The van der Waals surface area contributed by atoms with Crippen molar-refractivity contribution < 1.29 is 22.7 Å². The fourth-order valence-electron chi connectivity index (χ4n) is 5.26. The maximum Gasteiger partial charge on any atom is 0.309 e. The van der Waals surface area contributed by atoms with Gasteiger partial charge >= 0.3 is 5.97 Å². The lowest BCUT2D eigenvalue weighted by Gasteiger charge is -2.37. The minimum absolute atomic E-state index is 0.0903. The topological polar surface area (TPSA) is 96.3 Å². The van der Waals surface area contributed by atoms with Gasteiger partial charge in [-0.2, -0.15) is 8.42 Å². The first-order chi connectivity index (χ1) is 16.6. The van der Waals surface area contributed by atoms with Crippen LogP contribution < -0.4 is 0 Å². The average Bonchev–Trinajstić information content (AvgIpc) is 3.09. The number of aryl methyl sites for hydroxylation is 2. The summed E-state index contributed by atoms with van der Waals surface area (Å²) in [5.41, 5.74) is 3.48. The first-order valence-electron chi connectivity index (χ1n) is 12.5. The minimum atomic E-state index is -3.77. The minimum Gasteiger partial charge on any atom is -0.466 e. The number of rotatable bonds is 4. The van der Waals surface area contributed by atoms with Crippen LogP contribution >= 0.6 is 0 Å². The van der Waals surface area contributed by atoms with Crippen molar-refractivity contribution in [2.45, 2.75) is 53.4 Å². The van der Waals surface area contributed by atoms with Crippen LogP contribution in [0, 0.1) is 25.7 Å². The van der Waals surface area contributed by atoms with Crippen molar-refractivity contribution in [3.63, 3.8) is 0 Å². The molecule has 0 bridgehead atoms. The highest BCUT2D eigenvalue weighted by Crippen LogP contribution is 2.35. The van der Waals surface area contributed by atoms with Crippen molar-refractivity contribution in [3.05, 3.63) is 40.5 Å². The first kappa shape index (κ1) is 25.4. The predicted octanol–water partition coefficient (Wildman–Crippen LogP) is 3.29. The molecule has 0 atom stereocenters. The number of carbonyl (C=O) groups is 2. The molecule has 1 aromatic rings. The van der Waals surface area contributed by atoms with Crippen LogP contribution in [0.15, 0.2) is 28.2 Å². The molecule has 1 aromatic carbocycles. The van der Waals surface area contributed by atoms with Crippen molar-refractivity contribution in [2.75, 3.05) is 32.8 Å². The molecule has 35 heavy (non-hydrogen) atoms. The number of nitrogens with zero attached hydrogens (tertiary/aromatic N) is 3. The predicted molar refractivity (Wildman–Crippen MR) is 135 cm³/mol. The van der Waals surface area contributed by atoms with E-state index in [1.165, 1.54) is 0 Å². The Hall–Kier alpha value is -2.68. The molecule has 0 unspecified atom stereocenters. The van der Waals surface area contributed by atoms with Crippen LogP contribution in [0.1, 0.15) is 56.2 Å². The number of amidine groups is 1. The average molecular weight is 502 g/mol. The fourth-order valence-corrected chi connectivity index (χ4v) is 6.73. The van der Waals surface area contributed by atoms with E-state index in [2.05, 4.69) is 4.40 Å². The molecule has 3 aliphatic heterocycles. The molecule has 0 aromatic heterocycles. The van der Waals surface area contributed by atoms with Crippen molar-refractivity contribution in [1.29, 1.82) is 0 Å². The number of benzene rings is 1. The van der Waals surface area contributed by atoms with E-state index in [1.54, 1.807) is 6.92 Å². The molecule has 2 fully saturated rings. The third kappa shape index (κ3) is 5.15. The number of hydrogen-bond donors (Lipinski definition) is 0. The lowest BCUT2D eigenvalue weighted by Crippen LogP contribution is -2.47. The van der Waals surface area contributed by atoms with Gasteiger partial charge in [-0.15, -0.1) is 4.40 Å². The van der Waals surface area contributed by atoms with E-state index in [1.807, 2.05) is 48.8 Å². The Morgan fingerprint density at radius 2 is 1.60 bits per heavy atom. The molecule has 9 heteroatoms. The van der Waals surface area contributed by atoms with Gasteiger partial charge in [-0.1, -0.05) is 18.2 Å². The van der Waals surface area contributed by atoms with Gasteiger partial charge in [-0.3, -0.25) is 9.59 Å². The lowest BCUT2D eigenvalue weighted by atomic mass is 9.91. The van der Waals surface area contributed by atoms with Crippen molar-refractivity contribution >= 4 is 32.6 Å². The summed E-state index contributed by atoms with van der Waals surface area (Å²) < 4.78 is 35.2. The molecule has 0 saturated carbocycles.